The number of hydrogen-bond acceptors (Lipinski definition) is 3. The zero-order chi connectivity index (χ0) is 17.4. The van der Waals surface area contributed by atoms with Crippen molar-refractivity contribution in [2.75, 3.05) is 4.90 Å². The molecule has 1 unspecified atom stereocenters. The molecule has 0 aliphatic carbocycles. The third-order valence-corrected chi connectivity index (χ3v) is 5.17. The molecule has 2 aromatic carbocycles. The molecule has 128 valence electrons. The molecule has 1 aliphatic rings. The predicted octanol–water partition coefficient (Wildman–Crippen LogP) is 5.16. The summed E-state index contributed by atoms with van der Waals surface area (Å²) in [5.74, 6) is 1.63. The SMILES string of the molecule is CCc1ccc(-c2nc(CN3c4ccccc4CC3C)c(C)o2)cc1. The van der Waals surface area contributed by atoms with Crippen LogP contribution in [0.2, 0.25) is 0 Å². The largest absolute Gasteiger partial charge is 0.441 e. The van der Waals surface area contributed by atoms with E-state index in [2.05, 4.69) is 67.3 Å². The molecule has 1 aliphatic heterocycles. The number of anilines is 1. The first-order valence-electron chi connectivity index (χ1n) is 9.06. The van der Waals surface area contributed by atoms with E-state index >= 15 is 0 Å². The van der Waals surface area contributed by atoms with Gasteiger partial charge in [-0.05, 0) is 56.0 Å². The van der Waals surface area contributed by atoms with E-state index in [0.717, 1.165) is 42.3 Å². The van der Waals surface area contributed by atoms with E-state index in [9.17, 15) is 0 Å². The number of rotatable bonds is 4. The van der Waals surface area contributed by atoms with Crippen LogP contribution in [0, 0.1) is 6.92 Å². The zero-order valence-electron chi connectivity index (χ0n) is 15.1. The molecule has 0 amide bonds. The van der Waals surface area contributed by atoms with E-state index < -0.39 is 0 Å². The van der Waals surface area contributed by atoms with Crippen LogP contribution in [0.5, 0.6) is 0 Å². The Labute approximate surface area is 149 Å². The minimum Gasteiger partial charge on any atom is -0.441 e. The summed E-state index contributed by atoms with van der Waals surface area (Å²) in [5.41, 5.74) is 6.15. The highest BCUT2D eigenvalue weighted by molar-refractivity contribution is 5.60. The molecule has 3 aromatic rings. The highest BCUT2D eigenvalue weighted by Gasteiger charge is 2.27. The van der Waals surface area contributed by atoms with Crippen LogP contribution < -0.4 is 4.90 Å². The molecule has 1 atom stereocenters. The van der Waals surface area contributed by atoms with Crippen molar-refractivity contribution in [1.29, 1.82) is 0 Å². The monoisotopic (exact) mass is 332 g/mol. The topological polar surface area (TPSA) is 29.3 Å². The lowest BCUT2D eigenvalue weighted by molar-refractivity contribution is 0.537. The zero-order valence-corrected chi connectivity index (χ0v) is 15.1. The van der Waals surface area contributed by atoms with Crippen molar-refractivity contribution in [2.45, 2.75) is 46.2 Å². The molecule has 0 spiro atoms. The molecule has 0 radical (unpaired) electrons. The van der Waals surface area contributed by atoms with E-state index in [-0.39, 0.29) is 0 Å². The van der Waals surface area contributed by atoms with Crippen LogP contribution in [0.25, 0.3) is 11.5 Å². The van der Waals surface area contributed by atoms with Crippen molar-refractivity contribution in [3.63, 3.8) is 0 Å². The fraction of sp³-hybridized carbons (Fsp3) is 0.318. The number of fused-ring (bicyclic) bond motifs is 1. The van der Waals surface area contributed by atoms with Crippen LogP contribution in [-0.4, -0.2) is 11.0 Å². The Morgan fingerprint density at radius 1 is 1.12 bits per heavy atom. The Balaban J connectivity index is 1.60. The number of aryl methyl sites for hydroxylation is 2. The summed E-state index contributed by atoms with van der Waals surface area (Å²) in [4.78, 5) is 7.23. The van der Waals surface area contributed by atoms with Crippen molar-refractivity contribution in [2.24, 2.45) is 0 Å². The van der Waals surface area contributed by atoms with Crippen LogP contribution in [0.1, 0.15) is 36.4 Å². The van der Waals surface area contributed by atoms with Crippen LogP contribution in [0.3, 0.4) is 0 Å². The number of oxazole rings is 1. The summed E-state index contributed by atoms with van der Waals surface area (Å²) in [6, 6.07) is 17.6. The number of para-hydroxylation sites is 1. The van der Waals surface area contributed by atoms with Gasteiger partial charge in [0.1, 0.15) is 11.5 Å². The van der Waals surface area contributed by atoms with Crippen LogP contribution in [-0.2, 0) is 19.4 Å². The molecular weight excluding hydrogens is 308 g/mol. The number of hydrogen-bond donors (Lipinski definition) is 0. The third kappa shape index (κ3) is 2.95. The molecular formula is C22H24N2O. The van der Waals surface area contributed by atoms with Gasteiger partial charge in [-0.1, -0.05) is 37.3 Å². The average Bonchev–Trinajstić information content (AvgIpc) is 3.16. The Morgan fingerprint density at radius 3 is 2.64 bits per heavy atom. The molecule has 2 heterocycles. The molecule has 0 fully saturated rings. The van der Waals surface area contributed by atoms with Crippen molar-refractivity contribution in [3.8, 4) is 11.5 Å². The standard InChI is InChI=1S/C22H24N2O/c1-4-17-9-11-18(12-10-17)22-23-20(16(3)25-22)14-24-15(2)13-19-7-5-6-8-21(19)24/h5-12,15H,4,13-14H2,1-3H3. The summed E-state index contributed by atoms with van der Waals surface area (Å²) in [7, 11) is 0. The quantitative estimate of drug-likeness (QED) is 0.660. The molecule has 1 aromatic heterocycles. The van der Waals surface area contributed by atoms with E-state index in [4.69, 9.17) is 9.40 Å². The minimum atomic E-state index is 0.487. The van der Waals surface area contributed by atoms with E-state index in [1.165, 1.54) is 16.8 Å². The highest BCUT2D eigenvalue weighted by atomic mass is 16.4. The van der Waals surface area contributed by atoms with Gasteiger partial charge in [0.25, 0.3) is 0 Å². The number of aromatic nitrogens is 1. The molecule has 0 saturated carbocycles. The Kier molecular flexibility index (Phi) is 4.08. The number of nitrogens with zero attached hydrogens (tertiary/aromatic N) is 2. The molecule has 3 nitrogen and oxygen atoms in total. The number of benzene rings is 2. The Hall–Kier alpha value is -2.55. The van der Waals surface area contributed by atoms with Crippen molar-refractivity contribution < 1.29 is 4.42 Å². The first kappa shape index (κ1) is 15.9. The van der Waals surface area contributed by atoms with Gasteiger partial charge in [0, 0.05) is 17.3 Å². The highest BCUT2D eigenvalue weighted by Crippen LogP contribution is 2.34. The molecule has 4 rings (SSSR count). The first-order chi connectivity index (χ1) is 12.2. The normalized spacial score (nSPS) is 16.3. The van der Waals surface area contributed by atoms with E-state index in [1.54, 1.807) is 0 Å². The maximum atomic E-state index is 5.97. The lowest BCUT2D eigenvalue weighted by Crippen LogP contribution is -2.29. The minimum absolute atomic E-state index is 0.487. The van der Waals surface area contributed by atoms with E-state index in [0.29, 0.717) is 6.04 Å². The van der Waals surface area contributed by atoms with Gasteiger partial charge in [0.2, 0.25) is 5.89 Å². The van der Waals surface area contributed by atoms with Gasteiger partial charge in [-0.25, -0.2) is 4.98 Å². The summed E-state index contributed by atoms with van der Waals surface area (Å²) >= 11 is 0. The second kappa shape index (κ2) is 6.40. The van der Waals surface area contributed by atoms with Gasteiger partial charge in [-0.15, -0.1) is 0 Å². The third-order valence-electron chi connectivity index (χ3n) is 5.17. The van der Waals surface area contributed by atoms with Crippen molar-refractivity contribution in [3.05, 3.63) is 71.1 Å². The van der Waals surface area contributed by atoms with E-state index in [1.807, 2.05) is 6.92 Å². The second-order valence-corrected chi connectivity index (χ2v) is 6.88. The van der Waals surface area contributed by atoms with Gasteiger partial charge in [0.05, 0.1) is 6.54 Å². The fourth-order valence-corrected chi connectivity index (χ4v) is 3.61. The van der Waals surface area contributed by atoms with Gasteiger partial charge < -0.3 is 9.32 Å². The maximum Gasteiger partial charge on any atom is 0.226 e. The van der Waals surface area contributed by atoms with Crippen molar-refractivity contribution >= 4 is 5.69 Å². The lowest BCUT2D eigenvalue weighted by atomic mass is 10.1. The molecule has 25 heavy (non-hydrogen) atoms. The van der Waals surface area contributed by atoms with Crippen LogP contribution in [0.4, 0.5) is 5.69 Å². The van der Waals surface area contributed by atoms with Crippen molar-refractivity contribution in [1.82, 2.24) is 4.98 Å². The Bertz CT molecular complexity index is 879. The maximum absolute atomic E-state index is 5.97. The summed E-state index contributed by atoms with van der Waals surface area (Å²) < 4.78 is 5.97. The summed E-state index contributed by atoms with van der Waals surface area (Å²) in [6.07, 6.45) is 2.14. The summed E-state index contributed by atoms with van der Waals surface area (Å²) in [5, 5.41) is 0. The van der Waals surface area contributed by atoms with Gasteiger partial charge in [0.15, 0.2) is 0 Å². The molecule has 0 bridgehead atoms. The van der Waals surface area contributed by atoms with Gasteiger partial charge in [-0.2, -0.15) is 0 Å². The van der Waals surface area contributed by atoms with Crippen LogP contribution >= 0.6 is 0 Å². The molecule has 0 saturated heterocycles. The first-order valence-corrected chi connectivity index (χ1v) is 9.06. The lowest BCUT2D eigenvalue weighted by Gasteiger charge is -2.23. The van der Waals surface area contributed by atoms with Gasteiger partial charge in [-0.3, -0.25) is 0 Å². The van der Waals surface area contributed by atoms with Crippen LogP contribution in [0.15, 0.2) is 52.9 Å². The molecule has 3 heteroatoms. The second-order valence-electron chi connectivity index (χ2n) is 6.88. The average molecular weight is 332 g/mol. The summed E-state index contributed by atoms with van der Waals surface area (Å²) in [6.45, 7) is 7.25. The Morgan fingerprint density at radius 2 is 1.88 bits per heavy atom. The smallest absolute Gasteiger partial charge is 0.226 e. The fourth-order valence-electron chi connectivity index (χ4n) is 3.61. The molecule has 0 N–H and O–H groups in total. The van der Waals surface area contributed by atoms with Gasteiger partial charge >= 0.3 is 0 Å². The predicted molar refractivity (Wildman–Crippen MR) is 102 cm³/mol.